The first kappa shape index (κ1) is 25.6. The molecule has 3 nitrogen and oxygen atoms in total. The van der Waals surface area contributed by atoms with Crippen molar-refractivity contribution in [2.45, 2.75) is 0 Å². The van der Waals surface area contributed by atoms with Gasteiger partial charge in [0.25, 0.3) is 0 Å². The summed E-state index contributed by atoms with van der Waals surface area (Å²) >= 11 is 0. The lowest BCUT2D eigenvalue weighted by molar-refractivity contribution is 0.631. The lowest BCUT2D eigenvalue weighted by Crippen LogP contribution is -1.91. The first-order chi connectivity index (χ1) is 29.4. The predicted octanol–water partition coefficient (Wildman–Crippen LogP) is 15.2. The van der Waals surface area contributed by atoms with Crippen molar-refractivity contribution >= 4 is 76.4 Å². The fourth-order valence-corrected chi connectivity index (χ4v) is 8.64. The Morgan fingerprint density at radius 3 is 1.64 bits per heavy atom. The molecule has 0 aliphatic heterocycles. The number of hydrogen-bond donors (Lipinski definition) is 0. The van der Waals surface area contributed by atoms with Crippen LogP contribution in [0.25, 0.3) is 121 Å². The second-order valence-corrected chi connectivity index (χ2v) is 13.9. The largest absolute Gasteiger partial charge is 0.456 e. The summed E-state index contributed by atoms with van der Waals surface area (Å²) < 4.78 is 63.4. The fraction of sp³-hybridized carbons (Fsp3) is 0. The van der Waals surface area contributed by atoms with E-state index in [4.69, 9.17) is 20.1 Å². The molecule has 0 N–H and O–H groups in total. The van der Waals surface area contributed by atoms with E-state index in [9.17, 15) is 0 Å². The standard InChI is InChI=1S/C52H30O3/c1-2-13-31(14-3-1)48-37-16-4-6-18-39(37)50(40-19-7-5-17-38(40)48)51-42-29-32(34-21-12-24-46-49(34)41-20-9-11-23-44(41)53-46)26-28-45(42)55-52(51)33-25-27-36-35-15-8-10-22-43(35)54-47(36)30-33/h1-30H/i1D,2D,3D,13D,14D. The molecule has 9 aromatic carbocycles. The highest BCUT2D eigenvalue weighted by Crippen LogP contribution is 2.51. The summed E-state index contributed by atoms with van der Waals surface area (Å²) in [4.78, 5) is 0. The van der Waals surface area contributed by atoms with Gasteiger partial charge in [0.05, 0.1) is 6.85 Å². The van der Waals surface area contributed by atoms with E-state index in [1.54, 1.807) is 0 Å². The van der Waals surface area contributed by atoms with Crippen molar-refractivity contribution in [1.29, 1.82) is 0 Å². The summed E-state index contributed by atoms with van der Waals surface area (Å²) in [5.74, 6) is 0.655. The Labute approximate surface area is 322 Å². The van der Waals surface area contributed by atoms with E-state index in [-0.39, 0.29) is 29.7 Å². The molecular formula is C52H30O3. The average molecular weight is 708 g/mol. The van der Waals surface area contributed by atoms with Crippen LogP contribution in [0.2, 0.25) is 0 Å². The second-order valence-electron chi connectivity index (χ2n) is 13.9. The van der Waals surface area contributed by atoms with Crippen LogP contribution in [-0.2, 0) is 0 Å². The van der Waals surface area contributed by atoms with Crippen LogP contribution >= 0.6 is 0 Å². The van der Waals surface area contributed by atoms with Crippen LogP contribution in [-0.4, -0.2) is 0 Å². The molecule has 256 valence electrons. The van der Waals surface area contributed by atoms with E-state index in [0.717, 1.165) is 98.6 Å². The third kappa shape index (κ3) is 4.44. The molecule has 55 heavy (non-hydrogen) atoms. The number of furan rings is 3. The Morgan fingerprint density at radius 1 is 0.327 bits per heavy atom. The van der Waals surface area contributed by atoms with E-state index in [1.807, 2.05) is 109 Å². The zero-order valence-electron chi connectivity index (χ0n) is 34.2. The summed E-state index contributed by atoms with van der Waals surface area (Å²) in [5.41, 5.74) is 9.24. The molecule has 0 amide bonds. The van der Waals surface area contributed by atoms with Gasteiger partial charge >= 0.3 is 0 Å². The zero-order valence-corrected chi connectivity index (χ0v) is 29.2. The van der Waals surface area contributed by atoms with Crippen molar-refractivity contribution in [2.75, 3.05) is 0 Å². The molecular weight excluding hydrogens is 673 g/mol. The predicted molar refractivity (Wildman–Crippen MR) is 228 cm³/mol. The van der Waals surface area contributed by atoms with Gasteiger partial charge in [0.2, 0.25) is 0 Å². The van der Waals surface area contributed by atoms with Gasteiger partial charge in [0.15, 0.2) is 0 Å². The Kier molecular flexibility index (Phi) is 5.38. The molecule has 12 aromatic rings. The maximum absolute atomic E-state index is 9.08. The fourth-order valence-electron chi connectivity index (χ4n) is 8.64. The van der Waals surface area contributed by atoms with Gasteiger partial charge in [-0.25, -0.2) is 0 Å². The maximum atomic E-state index is 9.08. The van der Waals surface area contributed by atoms with Gasteiger partial charge in [0, 0.05) is 43.6 Å². The summed E-state index contributed by atoms with van der Waals surface area (Å²) in [7, 11) is 0. The van der Waals surface area contributed by atoms with Gasteiger partial charge in [-0.2, -0.15) is 0 Å². The van der Waals surface area contributed by atoms with Gasteiger partial charge in [-0.15, -0.1) is 0 Å². The quantitative estimate of drug-likeness (QED) is 0.171. The van der Waals surface area contributed by atoms with Crippen LogP contribution < -0.4 is 0 Å². The van der Waals surface area contributed by atoms with E-state index in [2.05, 4.69) is 42.5 Å². The van der Waals surface area contributed by atoms with Gasteiger partial charge < -0.3 is 13.3 Å². The van der Waals surface area contributed by atoms with E-state index in [0.29, 0.717) is 16.9 Å². The van der Waals surface area contributed by atoms with Crippen molar-refractivity contribution in [3.05, 3.63) is 182 Å². The van der Waals surface area contributed by atoms with Crippen molar-refractivity contribution in [3.8, 4) is 44.7 Å². The second kappa shape index (κ2) is 11.6. The number of benzene rings is 9. The molecule has 0 aliphatic carbocycles. The molecule has 3 heteroatoms. The lowest BCUT2D eigenvalue weighted by Gasteiger charge is -2.18. The van der Waals surface area contributed by atoms with Gasteiger partial charge in [0.1, 0.15) is 33.7 Å². The maximum Gasteiger partial charge on any atom is 0.143 e. The Hall–Kier alpha value is -7.36. The van der Waals surface area contributed by atoms with Gasteiger partial charge in [-0.3, -0.25) is 0 Å². The van der Waals surface area contributed by atoms with Crippen molar-refractivity contribution < 1.29 is 20.1 Å². The summed E-state index contributed by atoms with van der Waals surface area (Å²) in [5, 5.41) is 8.21. The highest BCUT2D eigenvalue weighted by atomic mass is 16.3. The Morgan fingerprint density at radius 2 is 0.891 bits per heavy atom. The zero-order chi connectivity index (χ0) is 40.4. The van der Waals surface area contributed by atoms with Crippen LogP contribution in [0.3, 0.4) is 0 Å². The topological polar surface area (TPSA) is 39.4 Å². The van der Waals surface area contributed by atoms with E-state index < -0.39 is 6.04 Å². The molecule has 0 bridgehead atoms. The van der Waals surface area contributed by atoms with Gasteiger partial charge in [-0.1, -0.05) is 139 Å². The number of fused-ring (bicyclic) bond motifs is 9. The van der Waals surface area contributed by atoms with Crippen LogP contribution in [0.4, 0.5) is 0 Å². The third-order valence-corrected chi connectivity index (χ3v) is 11.0. The molecule has 0 radical (unpaired) electrons. The molecule has 0 atom stereocenters. The monoisotopic (exact) mass is 707 g/mol. The molecule has 0 saturated carbocycles. The molecule has 3 aromatic heterocycles. The number of hydrogen-bond acceptors (Lipinski definition) is 3. The molecule has 0 aliphatic rings. The SMILES string of the molecule is [2H]c1c([2H])c([2H])c(-c2c3ccccc3c(-c3c(-c4ccc5c(c4)oc4ccccc45)oc4ccc(-c5cccc6oc7ccccc7c56)cc34)c3ccccc23)c([2H])c1[2H]. The molecule has 0 spiro atoms. The van der Waals surface area contributed by atoms with Crippen LogP contribution in [0.1, 0.15) is 6.85 Å². The highest BCUT2D eigenvalue weighted by molar-refractivity contribution is 6.25. The van der Waals surface area contributed by atoms with Crippen LogP contribution in [0.5, 0.6) is 0 Å². The minimum Gasteiger partial charge on any atom is -0.456 e. The molecule has 0 unspecified atom stereocenters. The minimum atomic E-state index is -0.426. The smallest absolute Gasteiger partial charge is 0.143 e. The minimum absolute atomic E-state index is 0.162. The normalized spacial score (nSPS) is 13.3. The van der Waals surface area contributed by atoms with Gasteiger partial charge in [-0.05, 0) is 86.3 Å². The van der Waals surface area contributed by atoms with Crippen molar-refractivity contribution in [3.63, 3.8) is 0 Å². The average Bonchev–Trinajstić information content (AvgIpc) is 3.98. The third-order valence-electron chi connectivity index (χ3n) is 11.0. The van der Waals surface area contributed by atoms with E-state index in [1.165, 1.54) is 0 Å². The highest BCUT2D eigenvalue weighted by Gasteiger charge is 2.25. The number of para-hydroxylation sites is 2. The number of rotatable bonds is 4. The molecule has 3 heterocycles. The molecule has 0 saturated heterocycles. The molecule has 12 rings (SSSR count). The van der Waals surface area contributed by atoms with Crippen LogP contribution in [0, 0.1) is 0 Å². The summed E-state index contributed by atoms with van der Waals surface area (Å²) in [6.07, 6.45) is 0. The van der Waals surface area contributed by atoms with Crippen molar-refractivity contribution in [2.24, 2.45) is 0 Å². The van der Waals surface area contributed by atoms with Crippen molar-refractivity contribution in [1.82, 2.24) is 0 Å². The Balaban J connectivity index is 1.22. The first-order valence-electron chi connectivity index (χ1n) is 20.8. The summed E-state index contributed by atoms with van der Waals surface area (Å²) in [6, 6.07) is 49.0. The Bertz CT molecular complexity index is 3710. The van der Waals surface area contributed by atoms with Crippen LogP contribution in [0.15, 0.2) is 195 Å². The molecule has 0 fully saturated rings. The first-order valence-corrected chi connectivity index (χ1v) is 18.3. The lowest BCUT2D eigenvalue weighted by atomic mass is 9.84. The van der Waals surface area contributed by atoms with E-state index >= 15 is 0 Å². The summed E-state index contributed by atoms with van der Waals surface area (Å²) in [6.45, 7) is 0.